The molecular weight excluding hydrogens is 184 g/mol. The molecule has 0 aromatic rings. The number of hydrogen-bond acceptors (Lipinski definition) is 3. The summed E-state index contributed by atoms with van der Waals surface area (Å²) >= 11 is 0. The van der Waals surface area contributed by atoms with Gasteiger partial charge < -0.3 is 10.2 Å². The van der Waals surface area contributed by atoms with Crippen LogP contribution in [0.4, 0.5) is 0 Å². The Bertz CT molecular complexity index is 253. The lowest BCUT2D eigenvalue weighted by atomic mass is 10.1. The first-order chi connectivity index (χ1) is 6.56. The molecule has 0 spiro atoms. The quantitative estimate of drug-likeness (QED) is 0.491. The van der Waals surface area contributed by atoms with E-state index >= 15 is 0 Å². The smallest absolute Gasteiger partial charge is 0.305 e. The second kappa shape index (κ2) is 7.03. The van der Waals surface area contributed by atoms with Crippen LogP contribution < -0.4 is 0 Å². The maximum absolute atomic E-state index is 11.0. The minimum Gasteiger partial charge on any atom is -0.481 e. The minimum absolute atomic E-state index is 0.152. The molecule has 0 aromatic carbocycles. The Hall–Kier alpha value is -1.42. The molecule has 4 nitrogen and oxygen atoms in total. The number of carboxylic acids is 1. The third kappa shape index (κ3) is 7.24. The highest BCUT2D eigenvalue weighted by Gasteiger charge is 2.11. The predicted octanol–water partition coefficient (Wildman–Crippen LogP) is 0.913. The van der Waals surface area contributed by atoms with Gasteiger partial charge in [0.2, 0.25) is 0 Å². The van der Waals surface area contributed by atoms with Crippen LogP contribution in [0.2, 0.25) is 0 Å². The Kier molecular flexibility index (Phi) is 6.32. The van der Waals surface area contributed by atoms with Gasteiger partial charge in [0.25, 0.3) is 0 Å². The zero-order valence-electron chi connectivity index (χ0n) is 8.01. The summed E-state index contributed by atoms with van der Waals surface area (Å²) in [5.41, 5.74) is 0. The van der Waals surface area contributed by atoms with Gasteiger partial charge in [-0.2, -0.15) is 0 Å². The molecule has 78 valence electrons. The van der Waals surface area contributed by atoms with E-state index in [9.17, 15) is 9.59 Å². The third-order valence-corrected chi connectivity index (χ3v) is 1.43. The fourth-order valence-corrected chi connectivity index (χ4v) is 0.848. The van der Waals surface area contributed by atoms with Crippen molar-refractivity contribution < 1.29 is 19.8 Å². The van der Waals surface area contributed by atoms with Crippen molar-refractivity contribution in [3.63, 3.8) is 0 Å². The Labute approximate surface area is 82.6 Å². The van der Waals surface area contributed by atoms with E-state index < -0.39 is 18.5 Å². The molecule has 1 atom stereocenters. The molecule has 2 N–H and O–H groups in total. The zero-order chi connectivity index (χ0) is 11.0. The van der Waals surface area contributed by atoms with Gasteiger partial charge in [0.15, 0.2) is 5.78 Å². The van der Waals surface area contributed by atoms with Crippen LogP contribution in [-0.2, 0) is 9.59 Å². The van der Waals surface area contributed by atoms with Crippen LogP contribution in [0.5, 0.6) is 0 Å². The number of aliphatic hydroxyl groups is 1. The summed E-state index contributed by atoms with van der Waals surface area (Å²) in [7, 11) is 0. The number of allylic oxidation sites excluding steroid dienone is 4. The molecule has 0 aliphatic carbocycles. The fraction of sp³-hybridized carbons (Fsp3) is 0.400. The number of carbonyl (C=O) groups is 2. The summed E-state index contributed by atoms with van der Waals surface area (Å²) in [6.07, 6.45) is 4.65. The van der Waals surface area contributed by atoms with E-state index in [1.807, 2.05) is 6.92 Å². The van der Waals surface area contributed by atoms with Crippen LogP contribution in [0, 0.1) is 0 Å². The highest BCUT2D eigenvalue weighted by molar-refractivity contribution is 5.90. The molecule has 0 saturated carbocycles. The van der Waals surface area contributed by atoms with Crippen molar-refractivity contribution in [3.8, 4) is 0 Å². The van der Waals surface area contributed by atoms with Crippen LogP contribution in [0.25, 0.3) is 0 Å². The SMILES string of the molecule is C/C=C/C=C/C(=O)CC(O)CC(=O)O. The van der Waals surface area contributed by atoms with Gasteiger partial charge in [-0.25, -0.2) is 0 Å². The maximum Gasteiger partial charge on any atom is 0.305 e. The molecule has 4 heteroatoms. The highest BCUT2D eigenvalue weighted by atomic mass is 16.4. The lowest BCUT2D eigenvalue weighted by molar-refractivity contribution is -0.139. The first-order valence-electron chi connectivity index (χ1n) is 4.28. The topological polar surface area (TPSA) is 74.6 Å². The molecule has 0 amide bonds. The monoisotopic (exact) mass is 198 g/mol. The summed E-state index contributed by atoms with van der Waals surface area (Å²) in [4.78, 5) is 21.2. The summed E-state index contributed by atoms with van der Waals surface area (Å²) in [5, 5.41) is 17.4. The molecule has 0 heterocycles. The lowest BCUT2D eigenvalue weighted by Gasteiger charge is -2.03. The van der Waals surface area contributed by atoms with Crippen molar-refractivity contribution in [2.45, 2.75) is 25.9 Å². The first kappa shape index (κ1) is 12.6. The molecular formula is C10H14O4. The molecule has 0 radical (unpaired) electrons. The number of aliphatic carboxylic acids is 1. The Morgan fingerprint density at radius 1 is 1.29 bits per heavy atom. The fourth-order valence-electron chi connectivity index (χ4n) is 0.848. The van der Waals surface area contributed by atoms with Crippen LogP contribution in [0.15, 0.2) is 24.3 Å². The van der Waals surface area contributed by atoms with E-state index in [-0.39, 0.29) is 12.2 Å². The summed E-state index contributed by atoms with van der Waals surface area (Å²) in [6, 6.07) is 0. The molecule has 0 aliphatic rings. The van der Waals surface area contributed by atoms with Crippen molar-refractivity contribution in [3.05, 3.63) is 24.3 Å². The summed E-state index contributed by atoms with van der Waals surface area (Å²) < 4.78 is 0. The number of hydrogen-bond donors (Lipinski definition) is 2. The molecule has 0 fully saturated rings. The van der Waals surface area contributed by atoms with Crippen LogP contribution >= 0.6 is 0 Å². The molecule has 14 heavy (non-hydrogen) atoms. The van der Waals surface area contributed by atoms with E-state index in [1.165, 1.54) is 6.08 Å². The molecule has 0 aromatic heterocycles. The van der Waals surface area contributed by atoms with Gasteiger partial charge in [-0.1, -0.05) is 18.2 Å². The summed E-state index contributed by atoms with van der Waals surface area (Å²) in [5.74, 6) is -1.39. The van der Waals surface area contributed by atoms with E-state index in [4.69, 9.17) is 10.2 Å². The average molecular weight is 198 g/mol. The van der Waals surface area contributed by atoms with E-state index in [2.05, 4.69) is 0 Å². The van der Waals surface area contributed by atoms with Gasteiger partial charge in [0.1, 0.15) is 0 Å². The second-order valence-corrected chi connectivity index (χ2v) is 2.81. The van der Waals surface area contributed by atoms with Crippen LogP contribution in [-0.4, -0.2) is 28.1 Å². The van der Waals surface area contributed by atoms with Crippen molar-refractivity contribution >= 4 is 11.8 Å². The van der Waals surface area contributed by atoms with Gasteiger partial charge in [-0.05, 0) is 13.0 Å². The van der Waals surface area contributed by atoms with Crippen LogP contribution in [0.1, 0.15) is 19.8 Å². The van der Waals surface area contributed by atoms with Gasteiger partial charge in [0.05, 0.1) is 12.5 Å². The van der Waals surface area contributed by atoms with Crippen molar-refractivity contribution in [2.24, 2.45) is 0 Å². The molecule has 1 unspecified atom stereocenters. The maximum atomic E-state index is 11.0. The standard InChI is InChI=1S/C10H14O4/c1-2-3-4-5-8(11)6-9(12)7-10(13)14/h2-5,9,12H,6-7H2,1H3,(H,13,14)/b3-2+,5-4+. The predicted molar refractivity (Wildman–Crippen MR) is 51.8 cm³/mol. The van der Waals surface area contributed by atoms with Gasteiger partial charge in [-0.3, -0.25) is 9.59 Å². The second-order valence-electron chi connectivity index (χ2n) is 2.81. The Balaban J connectivity index is 3.87. The molecule has 0 bridgehead atoms. The highest BCUT2D eigenvalue weighted by Crippen LogP contribution is 1.99. The molecule has 0 saturated heterocycles. The van der Waals surface area contributed by atoms with Crippen molar-refractivity contribution in [1.82, 2.24) is 0 Å². The summed E-state index contributed by atoms with van der Waals surface area (Å²) in [6.45, 7) is 1.81. The lowest BCUT2D eigenvalue weighted by Crippen LogP contribution is -2.16. The van der Waals surface area contributed by atoms with Gasteiger partial charge in [-0.15, -0.1) is 0 Å². The van der Waals surface area contributed by atoms with Crippen molar-refractivity contribution in [2.75, 3.05) is 0 Å². The molecule has 0 rings (SSSR count). The Morgan fingerprint density at radius 2 is 1.93 bits per heavy atom. The largest absolute Gasteiger partial charge is 0.481 e. The zero-order valence-corrected chi connectivity index (χ0v) is 8.01. The average Bonchev–Trinajstić information content (AvgIpc) is 2.02. The van der Waals surface area contributed by atoms with E-state index in [0.29, 0.717) is 0 Å². The molecule has 0 aliphatic heterocycles. The Morgan fingerprint density at radius 3 is 2.43 bits per heavy atom. The van der Waals surface area contributed by atoms with E-state index in [1.54, 1.807) is 18.2 Å². The number of carbonyl (C=O) groups excluding carboxylic acids is 1. The normalized spacial score (nSPS) is 13.6. The van der Waals surface area contributed by atoms with Gasteiger partial charge >= 0.3 is 5.97 Å². The minimum atomic E-state index is -1.11. The number of rotatable bonds is 6. The third-order valence-electron chi connectivity index (χ3n) is 1.43. The van der Waals surface area contributed by atoms with E-state index in [0.717, 1.165) is 0 Å². The van der Waals surface area contributed by atoms with Crippen molar-refractivity contribution in [1.29, 1.82) is 0 Å². The van der Waals surface area contributed by atoms with Crippen LogP contribution in [0.3, 0.4) is 0 Å². The van der Waals surface area contributed by atoms with Gasteiger partial charge in [0, 0.05) is 6.42 Å². The number of aliphatic hydroxyl groups excluding tert-OH is 1. The number of ketones is 1. The first-order valence-corrected chi connectivity index (χ1v) is 4.28. The number of carboxylic acid groups (broad SMARTS) is 1.